The van der Waals surface area contributed by atoms with E-state index < -0.39 is 0 Å². The molecule has 0 saturated heterocycles. The van der Waals surface area contributed by atoms with E-state index in [2.05, 4.69) is 15.2 Å². The van der Waals surface area contributed by atoms with Crippen molar-refractivity contribution in [1.29, 1.82) is 0 Å². The molecular formula is C14H17N5O2. The SMILES string of the molecule is CC(C)c1cc(C(=O)N2CCn3cnnc3C2)cc(=O)[nH]1. The van der Waals surface area contributed by atoms with Crippen LogP contribution in [0, 0.1) is 0 Å². The number of fused-ring (bicyclic) bond motifs is 1. The summed E-state index contributed by atoms with van der Waals surface area (Å²) in [4.78, 5) is 28.7. The number of aromatic amines is 1. The molecule has 0 atom stereocenters. The number of rotatable bonds is 2. The van der Waals surface area contributed by atoms with Gasteiger partial charge in [-0.25, -0.2) is 0 Å². The second-order valence-electron chi connectivity index (χ2n) is 5.51. The van der Waals surface area contributed by atoms with E-state index in [1.807, 2.05) is 18.4 Å². The molecule has 2 aromatic rings. The molecular weight excluding hydrogens is 270 g/mol. The van der Waals surface area contributed by atoms with Crippen LogP contribution in [0.1, 0.15) is 41.6 Å². The Morgan fingerprint density at radius 3 is 2.90 bits per heavy atom. The summed E-state index contributed by atoms with van der Waals surface area (Å²) >= 11 is 0. The van der Waals surface area contributed by atoms with Gasteiger partial charge < -0.3 is 14.5 Å². The largest absolute Gasteiger partial charge is 0.329 e. The van der Waals surface area contributed by atoms with E-state index in [0.717, 1.165) is 11.5 Å². The van der Waals surface area contributed by atoms with Crippen molar-refractivity contribution < 1.29 is 4.79 Å². The summed E-state index contributed by atoms with van der Waals surface area (Å²) in [5, 5.41) is 7.84. The number of hydrogen-bond acceptors (Lipinski definition) is 4. The lowest BCUT2D eigenvalue weighted by molar-refractivity contribution is 0.0707. The minimum Gasteiger partial charge on any atom is -0.329 e. The third-order valence-corrected chi connectivity index (χ3v) is 3.66. The van der Waals surface area contributed by atoms with Crippen molar-refractivity contribution in [3.8, 4) is 0 Å². The van der Waals surface area contributed by atoms with E-state index in [1.165, 1.54) is 6.07 Å². The molecule has 0 unspecified atom stereocenters. The van der Waals surface area contributed by atoms with Crippen LogP contribution in [0.3, 0.4) is 0 Å². The van der Waals surface area contributed by atoms with Gasteiger partial charge >= 0.3 is 0 Å². The quantitative estimate of drug-likeness (QED) is 0.883. The number of nitrogens with one attached hydrogen (secondary N) is 1. The first-order valence-electron chi connectivity index (χ1n) is 6.95. The molecule has 1 aliphatic rings. The number of H-pyrrole nitrogens is 1. The highest BCUT2D eigenvalue weighted by Gasteiger charge is 2.23. The molecule has 1 amide bonds. The number of carbonyl (C=O) groups is 1. The van der Waals surface area contributed by atoms with Crippen LogP contribution < -0.4 is 5.56 Å². The summed E-state index contributed by atoms with van der Waals surface area (Å²) in [6.07, 6.45) is 1.67. The molecule has 0 aliphatic carbocycles. The molecule has 3 heterocycles. The molecule has 21 heavy (non-hydrogen) atoms. The molecule has 0 radical (unpaired) electrons. The molecule has 2 aromatic heterocycles. The van der Waals surface area contributed by atoms with Crippen LogP contribution in [0.4, 0.5) is 0 Å². The van der Waals surface area contributed by atoms with Gasteiger partial charge in [-0.1, -0.05) is 13.8 Å². The lowest BCUT2D eigenvalue weighted by Gasteiger charge is -2.27. The zero-order valence-electron chi connectivity index (χ0n) is 12.0. The Balaban J connectivity index is 1.88. The van der Waals surface area contributed by atoms with Crippen LogP contribution in [-0.2, 0) is 13.1 Å². The van der Waals surface area contributed by atoms with Crippen LogP contribution >= 0.6 is 0 Å². The van der Waals surface area contributed by atoms with Crippen LogP contribution in [0.5, 0.6) is 0 Å². The molecule has 7 heteroatoms. The third kappa shape index (κ3) is 2.58. The van der Waals surface area contributed by atoms with Crippen LogP contribution in [0.2, 0.25) is 0 Å². The topological polar surface area (TPSA) is 83.9 Å². The van der Waals surface area contributed by atoms with Crippen LogP contribution in [0.25, 0.3) is 0 Å². The van der Waals surface area contributed by atoms with E-state index in [0.29, 0.717) is 25.2 Å². The lowest BCUT2D eigenvalue weighted by atomic mass is 10.1. The third-order valence-electron chi connectivity index (χ3n) is 3.66. The van der Waals surface area contributed by atoms with Crippen LogP contribution in [-0.4, -0.2) is 37.1 Å². The molecule has 0 bridgehead atoms. The van der Waals surface area contributed by atoms with Crippen LogP contribution in [0.15, 0.2) is 23.3 Å². The van der Waals surface area contributed by atoms with Gasteiger partial charge in [0, 0.05) is 30.4 Å². The van der Waals surface area contributed by atoms with Gasteiger partial charge in [0.05, 0.1) is 6.54 Å². The van der Waals surface area contributed by atoms with Crippen molar-refractivity contribution >= 4 is 5.91 Å². The van der Waals surface area contributed by atoms with Crippen molar-refractivity contribution in [3.05, 3.63) is 45.9 Å². The van der Waals surface area contributed by atoms with E-state index in [1.54, 1.807) is 17.3 Å². The minimum atomic E-state index is -0.246. The maximum atomic E-state index is 12.6. The molecule has 110 valence electrons. The minimum absolute atomic E-state index is 0.141. The summed E-state index contributed by atoms with van der Waals surface area (Å²) < 4.78 is 1.93. The van der Waals surface area contributed by atoms with Crippen molar-refractivity contribution in [2.24, 2.45) is 0 Å². The number of nitrogens with zero attached hydrogens (tertiary/aromatic N) is 4. The summed E-state index contributed by atoms with van der Waals surface area (Å²) in [6.45, 7) is 5.64. The number of carbonyl (C=O) groups excluding carboxylic acids is 1. The van der Waals surface area contributed by atoms with Crippen molar-refractivity contribution in [3.63, 3.8) is 0 Å². The predicted molar refractivity (Wildman–Crippen MR) is 75.9 cm³/mol. The number of hydrogen-bond donors (Lipinski definition) is 1. The monoisotopic (exact) mass is 287 g/mol. The van der Waals surface area contributed by atoms with Gasteiger partial charge in [-0.3, -0.25) is 9.59 Å². The van der Waals surface area contributed by atoms with Crippen molar-refractivity contribution in [2.75, 3.05) is 6.54 Å². The van der Waals surface area contributed by atoms with Gasteiger partial charge in [0.2, 0.25) is 5.56 Å². The van der Waals surface area contributed by atoms with Gasteiger partial charge in [0.15, 0.2) is 5.82 Å². The van der Waals surface area contributed by atoms with Gasteiger partial charge in [-0.05, 0) is 12.0 Å². The Labute approximate surface area is 121 Å². The van der Waals surface area contributed by atoms with E-state index in [-0.39, 0.29) is 17.4 Å². The second kappa shape index (κ2) is 5.16. The molecule has 7 nitrogen and oxygen atoms in total. The average Bonchev–Trinajstić information content (AvgIpc) is 2.93. The number of aromatic nitrogens is 4. The Morgan fingerprint density at radius 1 is 1.33 bits per heavy atom. The number of amides is 1. The molecule has 1 aliphatic heterocycles. The molecule has 3 rings (SSSR count). The highest BCUT2D eigenvalue weighted by molar-refractivity contribution is 5.94. The van der Waals surface area contributed by atoms with E-state index in [9.17, 15) is 9.59 Å². The highest BCUT2D eigenvalue weighted by atomic mass is 16.2. The summed E-state index contributed by atoms with van der Waals surface area (Å²) in [6, 6.07) is 3.11. The molecule has 0 spiro atoms. The lowest BCUT2D eigenvalue weighted by Crippen LogP contribution is -2.38. The number of pyridine rings is 1. The second-order valence-corrected chi connectivity index (χ2v) is 5.51. The Morgan fingerprint density at radius 2 is 2.14 bits per heavy atom. The van der Waals surface area contributed by atoms with E-state index in [4.69, 9.17) is 0 Å². The smallest absolute Gasteiger partial charge is 0.254 e. The van der Waals surface area contributed by atoms with Gasteiger partial charge in [-0.2, -0.15) is 0 Å². The average molecular weight is 287 g/mol. The van der Waals surface area contributed by atoms with E-state index >= 15 is 0 Å². The molecule has 1 N–H and O–H groups in total. The Kier molecular flexibility index (Phi) is 3.32. The molecule has 0 saturated carbocycles. The predicted octanol–water partition coefficient (Wildman–Crippen LogP) is 0.746. The summed E-state index contributed by atoms with van der Waals surface area (Å²) in [5.74, 6) is 0.788. The fourth-order valence-electron chi connectivity index (χ4n) is 2.42. The molecule has 0 aromatic carbocycles. The Bertz CT molecular complexity index is 731. The van der Waals surface area contributed by atoms with Gasteiger partial charge in [-0.15, -0.1) is 10.2 Å². The maximum absolute atomic E-state index is 12.6. The first-order chi connectivity index (χ1) is 10.0. The Hall–Kier alpha value is -2.44. The fraction of sp³-hybridized carbons (Fsp3) is 0.429. The van der Waals surface area contributed by atoms with Crippen molar-refractivity contribution in [2.45, 2.75) is 32.9 Å². The summed E-state index contributed by atoms with van der Waals surface area (Å²) in [5.41, 5.74) is 0.950. The zero-order chi connectivity index (χ0) is 15.0. The maximum Gasteiger partial charge on any atom is 0.254 e. The highest BCUT2D eigenvalue weighted by Crippen LogP contribution is 2.15. The zero-order valence-corrected chi connectivity index (χ0v) is 12.0. The normalized spacial score (nSPS) is 14.3. The summed E-state index contributed by atoms with van der Waals surface area (Å²) in [7, 11) is 0. The first-order valence-corrected chi connectivity index (χ1v) is 6.95. The van der Waals surface area contributed by atoms with Gasteiger partial charge in [0.25, 0.3) is 5.91 Å². The van der Waals surface area contributed by atoms with Gasteiger partial charge in [0.1, 0.15) is 6.33 Å². The first kappa shape index (κ1) is 13.5. The van der Waals surface area contributed by atoms with Crippen molar-refractivity contribution in [1.82, 2.24) is 24.6 Å². The molecule has 0 fully saturated rings. The standard InChI is InChI=1S/C14H17N5O2/c1-9(2)11-5-10(6-13(20)16-11)14(21)18-3-4-19-8-15-17-12(19)7-18/h5-6,8-9H,3-4,7H2,1-2H3,(H,16,20). The fourth-order valence-corrected chi connectivity index (χ4v) is 2.42.